The van der Waals surface area contributed by atoms with Crippen LogP contribution in [0.3, 0.4) is 0 Å². The van der Waals surface area contributed by atoms with Crippen molar-refractivity contribution >= 4 is 10.0 Å². The largest absolute Gasteiger partial charge is 0.228 e. The second-order valence-corrected chi connectivity index (χ2v) is 4.53. The van der Waals surface area contributed by atoms with Gasteiger partial charge in [-0.1, -0.05) is 12.2 Å². The lowest BCUT2D eigenvalue weighted by Crippen LogP contribution is -2.25. The molecule has 0 aromatic heterocycles. The highest BCUT2D eigenvalue weighted by molar-refractivity contribution is 7.89. The van der Waals surface area contributed by atoms with Crippen LogP contribution in [0, 0.1) is 0 Å². The maximum atomic E-state index is 10.7. The van der Waals surface area contributed by atoms with E-state index in [1.165, 1.54) is 0 Å². The zero-order valence-electron chi connectivity index (χ0n) is 6.95. The van der Waals surface area contributed by atoms with E-state index < -0.39 is 15.3 Å². The van der Waals surface area contributed by atoms with E-state index in [0.717, 1.165) is 6.42 Å². The van der Waals surface area contributed by atoms with Crippen molar-refractivity contribution in [2.75, 3.05) is 0 Å². The molecule has 0 aromatic carbocycles. The van der Waals surface area contributed by atoms with Crippen LogP contribution >= 0.6 is 0 Å². The van der Waals surface area contributed by atoms with E-state index in [-0.39, 0.29) is 0 Å². The molecule has 2 N–H and O–H groups in total. The highest BCUT2D eigenvalue weighted by atomic mass is 32.2. The van der Waals surface area contributed by atoms with E-state index in [2.05, 4.69) is 0 Å². The normalized spacial score (nSPS) is 15.5. The molecule has 0 radical (unpaired) electrons. The zero-order valence-corrected chi connectivity index (χ0v) is 7.76. The van der Waals surface area contributed by atoms with Gasteiger partial charge in [0.05, 0.1) is 5.25 Å². The number of sulfonamides is 1. The molecule has 0 saturated heterocycles. The van der Waals surface area contributed by atoms with E-state index in [4.69, 9.17) is 5.14 Å². The van der Waals surface area contributed by atoms with Crippen LogP contribution < -0.4 is 5.14 Å². The molecule has 0 aliphatic carbocycles. The molecule has 1 unspecified atom stereocenters. The Morgan fingerprint density at radius 3 is 2.45 bits per heavy atom. The van der Waals surface area contributed by atoms with Crippen LogP contribution in [0.1, 0.15) is 26.7 Å². The third kappa shape index (κ3) is 4.98. The van der Waals surface area contributed by atoms with Gasteiger partial charge in [-0.25, -0.2) is 13.6 Å². The van der Waals surface area contributed by atoms with E-state index in [0.29, 0.717) is 6.42 Å². The summed E-state index contributed by atoms with van der Waals surface area (Å²) in [5.74, 6) is 0. The first-order chi connectivity index (χ1) is 4.98. The fourth-order valence-corrected chi connectivity index (χ4v) is 1.13. The molecule has 0 aromatic rings. The summed E-state index contributed by atoms with van der Waals surface area (Å²) >= 11 is 0. The molecule has 3 nitrogen and oxygen atoms in total. The van der Waals surface area contributed by atoms with Gasteiger partial charge in [0.1, 0.15) is 0 Å². The molecule has 0 spiro atoms. The van der Waals surface area contributed by atoms with Crippen LogP contribution in [-0.2, 0) is 10.0 Å². The van der Waals surface area contributed by atoms with Crippen LogP contribution in [0.5, 0.6) is 0 Å². The second-order valence-electron chi connectivity index (χ2n) is 2.55. The van der Waals surface area contributed by atoms with Gasteiger partial charge in [0.25, 0.3) is 0 Å². The van der Waals surface area contributed by atoms with E-state index in [9.17, 15) is 8.42 Å². The highest BCUT2D eigenvalue weighted by Gasteiger charge is 2.13. The van der Waals surface area contributed by atoms with Crippen molar-refractivity contribution in [2.45, 2.75) is 31.9 Å². The Kier molecular flexibility index (Phi) is 4.37. The number of hydrogen-bond donors (Lipinski definition) is 1. The Morgan fingerprint density at radius 2 is 2.09 bits per heavy atom. The molecule has 0 bridgehead atoms. The van der Waals surface area contributed by atoms with Crippen molar-refractivity contribution in [1.29, 1.82) is 0 Å². The Bertz CT molecular complexity index is 219. The van der Waals surface area contributed by atoms with Crippen molar-refractivity contribution in [3.8, 4) is 0 Å². The number of primary sulfonamides is 1. The summed E-state index contributed by atoms with van der Waals surface area (Å²) < 4.78 is 21.4. The van der Waals surface area contributed by atoms with Gasteiger partial charge in [-0.3, -0.25) is 0 Å². The quantitative estimate of drug-likeness (QED) is 0.652. The Labute approximate surface area is 68.3 Å². The SMILES string of the molecule is CC=CCCC(C)S(N)(=O)=O. The zero-order chi connectivity index (χ0) is 8.91. The summed E-state index contributed by atoms with van der Waals surface area (Å²) in [6, 6.07) is 0. The minimum Gasteiger partial charge on any atom is -0.228 e. The van der Waals surface area contributed by atoms with Crippen LogP contribution in [0.2, 0.25) is 0 Å². The van der Waals surface area contributed by atoms with Gasteiger partial charge < -0.3 is 0 Å². The van der Waals surface area contributed by atoms with Crippen LogP contribution in [0.15, 0.2) is 12.2 Å². The van der Waals surface area contributed by atoms with Gasteiger partial charge in [-0.2, -0.15) is 0 Å². The van der Waals surface area contributed by atoms with Crippen LogP contribution in [-0.4, -0.2) is 13.7 Å². The maximum absolute atomic E-state index is 10.7. The minimum absolute atomic E-state index is 0.432. The lowest BCUT2D eigenvalue weighted by Gasteiger charge is -2.05. The first kappa shape index (κ1) is 10.7. The summed E-state index contributed by atoms with van der Waals surface area (Å²) in [6.07, 6.45) is 5.20. The van der Waals surface area contributed by atoms with Gasteiger partial charge in [0.2, 0.25) is 10.0 Å². The molecule has 0 aliphatic rings. The van der Waals surface area contributed by atoms with Gasteiger partial charge in [0.15, 0.2) is 0 Å². The molecular weight excluding hydrogens is 162 g/mol. The average molecular weight is 177 g/mol. The Morgan fingerprint density at radius 1 is 1.55 bits per heavy atom. The van der Waals surface area contributed by atoms with Crippen molar-refractivity contribution in [2.24, 2.45) is 5.14 Å². The number of rotatable bonds is 4. The standard InChI is InChI=1S/C7H15NO2S/c1-3-4-5-6-7(2)11(8,9)10/h3-4,7H,5-6H2,1-2H3,(H2,8,9,10). The van der Waals surface area contributed by atoms with Crippen molar-refractivity contribution in [3.63, 3.8) is 0 Å². The monoisotopic (exact) mass is 177 g/mol. The molecule has 0 aliphatic heterocycles. The summed E-state index contributed by atoms with van der Waals surface area (Å²) in [5, 5.41) is 4.48. The fraction of sp³-hybridized carbons (Fsp3) is 0.714. The number of allylic oxidation sites excluding steroid dienone is 2. The topological polar surface area (TPSA) is 60.2 Å². The van der Waals surface area contributed by atoms with Gasteiger partial charge >= 0.3 is 0 Å². The molecule has 0 fully saturated rings. The second kappa shape index (κ2) is 4.51. The number of nitrogens with two attached hydrogens (primary N) is 1. The lowest BCUT2D eigenvalue weighted by atomic mass is 10.2. The maximum Gasteiger partial charge on any atom is 0.211 e. The molecule has 0 rings (SSSR count). The summed E-state index contributed by atoms with van der Waals surface area (Å²) in [4.78, 5) is 0. The van der Waals surface area contributed by atoms with Crippen LogP contribution in [0.25, 0.3) is 0 Å². The Balaban J connectivity index is 3.80. The van der Waals surface area contributed by atoms with Crippen molar-refractivity contribution < 1.29 is 8.42 Å². The minimum atomic E-state index is -3.32. The molecule has 1 atom stereocenters. The third-order valence-electron chi connectivity index (χ3n) is 1.54. The smallest absolute Gasteiger partial charge is 0.211 e. The highest BCUT2D eigenvalue weighted by Crippen LogP contribution is 2.04. The van der Waals surface area contributed by atoms with Gasteiger partial charge in [-0.05, 0) is 26.7 Å². The molecule has 0 amide bonds. The molecule has 0 saturated carbocycles. The molecule has 11 heavy (non-hydrogen) atoms. The lowest BCUT2D eigenvalue weighted by molar-refractivity contribution is 0.580. The first-order valence-corrected chi connectivity index (χ1v) is 5.22. The fourth-order valence-electron chi connectivity index (χ4n) is 0.662. The van der Waals surface area contributed by atoms with Gasteiger partial charge in [0, 0.05) is 0 Å². The summed E-state index contributed by atoms with van der Waals surface area (Å²) in [6.45, 7) is 3.53. The van der Waals surface area contributed by atoms with Crippen LogP contribution in [0.4, 0.5) is 0 Å². The molecule has 0 heterocycles. The number of hydrogen-bond acceptors (Lipinski definition) is 2. The molecule has 66 valence electrons. The average Bonchev–Trinajstić information content (AvgIpc) is 1.86. The first-order valence-electron chi connectivity index (χ1n) is 3.61. The predicted octanol–water partition coefficient (Wildman–Crippen LogP) is 1.02. The van der Waals surface area contributed by atoms with E-state index in [1.54, 1.807) is 6.92 Å². The van der Waals surface area contributed by atoms with Gasteiger partial charge in [-0.15, -0.1) is 0 Å². The van der Waals surface area contributed by atoms with E-state index >= 15 is 0 Å². The van der Waals surface area contributed by atoms with Crippen molar-refractivity contribution in [3.05, 3.63) is 12.2 Å². The molecule has 4 heteroatoms. The molecular formula is C7H15NO2S. The summed E-state index contributed by atoms with van der Waals surface area (Å²) in [7, 11) is -3.32. The third-order valence-corrected chi connectivity index (χ3v) is 2.89. The van der Waals surface area contributed by atoms with E-state index in [1.807, 2.05) is 19.1 Å². The predicted molar refractivity (Wildman–Crippen MR) is 46.6 cm³/mol. The van der Waals surface area contributed by atoms with Crippen molar-refractivity contribution in [1.82, 2.24) is 0 Å². The Hall–Kier alpha value is -0.350. The summed E-state index contributed by atoms with van der Waals surface area (Å²) in [5.41, 5.74) is 0.